The van der Waals surface area contributed by atoms with E-state index >= 15 is 0 Å². The summed E-state index contributed by atoms with van der Waals surface area (Å²) in [5.74, 6) is -0.725. The monoisotopic (exact) mass is 210 g/mol. The van der Waals surface area contributed by atoms with Crippen LogP contribution in [0.2, 0.25) is 0 Å². The molecule has 1 rings (SSSR count). The number of carboxylic acid groups (broad SMARTS) is 1. The number of ether oxygens (including phenoxy) is 1. The van der Waals surface area contributed by atoms with Gasteiger partial charge in [0.1, 0.15) is 0 Å². The van der Waals surface area contributed by atoms with Crippen molar-refractivity contribution in [2.75, 3.05) is 0 Å². The van der Waals surface area contributed by atoms with E-state index in [1.54, 1.807) is 0 Å². The zero-order valence-corrected chi connectivity index (χ0v) is 8.80. The van der Waals surface area contributed by atoms with Gasteiger partial charge in [-0.2, -0.15) is 0 Å². The summed E-state index contributed by atoms with van der Waals surface area (Å²) >= 11 is 0. The largest absolute Gasteiger partial charge is 0.476 e. The molecule has 1 unspecified atom stereocenters. The van der Waals surface area contributed by atoms with Gasteiger partial charge in [0.15, 0.2) is 5.69 Å². The summed E-state index contributed by atoms with van der Waals surface area (Å²) in [6.07, 6.45) is 4.55. The molecule has 0 spiro atoms. The Bertz CT molecular complexity index is 324. The second kappa shape index (κ2) is 5.29. The van der Waals surface area contributed by atoms with Gasteiger partial charge in [0, 0.05) is 0 Å². The Morgan fingerprint density at radius 3 is 2.73 bits per heavy atom. The number of aromatic carboxylic acids is 1. The highest BCUT2D eigenvalue weighted by molar-refractivity contribution is 5.84. The van der Waals surface area contributed by atoms with Gasteiger partial charge in [-0.15, -0.1) is 0 Å². The van der Waals surface area contributed by atoms with E-state index in [0.717, 1.165) is 12.8 Å². The lowest BCUT2D eigenvalue weighted by Crippen LogP contribution is -2.12. The molecule has 0 fully saturated rings. The molecule has 1 N–H and O–H groups in total. The van der Waals surface area contributed by atoms with Crippen molar-refractivity contribution < 1.29 is 14.6 Å². The van der Waals surface area contributed by atoms with Crippen LogP contribution >= 0.6 is 0 Å². The molecule has 1 aromatic heterocycles. The number of carbonyl (C=O) groups is 1. The predicted molar refractivity (Wildman–Crippen MR) is 54.0 cm³/mol. The first kappa shape index (κ1) is 11.4. The van der Waals surface area contributed by atoms with E-state index in [4.69, 9.17) is 9.84 Å². The van der Waals surface area contributed by atoms with Crippen LogP contribution in [-0.2, 0) is 0 Å². The van der Waals surface area contributed by atoms with Crippen LogP contribution in [0.15, 0.2) is 12.4 Å². The fraction of sp³-hybridized carbons (Fsp3) is 0.500. The van der Waals surface area contributed by atoms with Gasteiger partial charge in [-0.1, -0.05) is 13.3 Å². The summed E-state index contributed by atoms with van der Waals surface area (Å²) < 4.78 is 5.42. The lowest BCUT2D eigenvalue weighted by Gasteiger charge is -2.11. The lowest BCUT2D eigenvalue weighted by atomic mass is 10.2. The number of hydrogen-bond donors (Lipinski definition) is 1. The highest BCUT2D eigenvalue weighted by Crippen LogP contribution is 2.09. The smallest absolute Gasteiger partial charge is 0.356 e. The van der Waals surface area contributed by atoms with Crippen LogP contribution in [0.5, 0.6) is 5.88 Å². The Morgan fingerprint density at radius 2 is 2.27 bits per heavy atom. The van der Waals surface area contributed by atoms with Crippen molar-refractivity contribution in [2.24, 2.45) is 0 Å². The summed E-state index contributed by atoms with van der Waals surface area (Å²) in [5, 5.41) is 8.60. The molecule has 0 bridgehead atoms. The first-order valence-electron chi connectivity index (χ1n) is 4.85. The third-order valence-electron chi connectivity index (χ3n) is 1.86. The van der Waals surface area contributed by atoms with Crippen LogP contribution in [0.25, 0.3) is 0 Å². The third-order valence-corrected chi connectivity index (χ3v) is 1.86. The molecule has 0 aliphatic carbocycles. The van der Waals surface area contributed by atoms with Crippen molar-refractivity contribution >= 4 is 5.97 Å². The molecule has 15 heavy (non-hydrogen) atoms. The zero-order valence-electron chi connectivity index (χ0n) is 8.80. The Morgan fingerprint density at radius 1 is 1.53 bits per heavy atom. The first-order chi connectivity index (χ1) is 7.13. The van der Waals surface area contributed by atoms with Crippen molar-refractivity contribution in [3.05, 3.63) is 18.1 Å². The Labute approximate surface area is 88.1 Å². The molecule has 1 aromatic rings. The zero-order chi connectivity index (χ0) is 11.3. The maximum atomic E-state index is 10.5. The van der Waals surface area contributed by atoms with Crippen LogP contribution < -0.4 is 4.74 Å². The van der Waals surface area contributed by atoms with Crippen molar-refractivity contribution in [1.29, 1.82) is 0 Å². The molecule has 1 atom stereocenters. The van der Waals surface area contributed by atoms with Crippen LogP contribution in [0.1, 0.15) is 37.2 Å². The number of carboxylic acids is 1. The average molecular weight is 210 g/mol. The normalized spacial score (nSPS) is 12.1. The summed E-state index contributed by atoms with van der Waals surface area (Å²) in [5.41, 5.74) is -0.0782. The van der Waals surface area contributed by atoms with E-state index < -0.39 is 5.97 Å². The maximum absolute atomic E-state index is 10.5. The van der Waals surface area contributed by atoms with Gasteiger partial charge in [-0.3, -0.25) is 0 Å². The SMILES string of the molecule is CCCC(C)Oc1cnc(C(=O)O)cn1. The summed E-state index contributed by atoms with van der Waals surface area (Å²) in [4.78, 5) is 18.1. The van der Waals surface area contributed by atoms with E-state index in [2.05, 4.69) is 16.9 Å². The Hall–Kier alpha value is -1.65. The van der Waals surface area contributed by atoms with E-state index in [0.29, 0.717) is 5.88 Å². The number of hydrogen-bond acceptors (Lipinski definition) is 4. The fourth-order valence-corrected chi connectivity index (χ4v) is 1.16. The molecule has 0 saturated heterocycles. The standard InChI is InChI=1S/C10H14N2O3/c1-3-4-7(2)15-9-6-11-8(5-12-9)10(13)14/h5-7H,3-4H2,1-2H3,(H,13,14). The average Bonchev–Trinajstić information content (AvgIpc) is 2.18. The number of aromatic nitrogens is 2. The topological polar surface area (TPSA) is 72.3 Å². The number of nitrogens with zero attached hydrogens (tertiary/aromatic N) is 2. The Balaban J connectivity index is 2.60. The second-order valence-electron chi connectivity index (χ2n) is 3.26. The minimum atomic E-state index is -1.09. The van der Waals surface area contributed by atoms with Crippen LogP contribution in [0.4, 0.5) is 0 Å². The van der Waals surface area contributed by atoms with Gasteiger partial charge in [-0.05, 0) is 13.3 Å². The molecule has 0 amide bonds. The van der Waals surface area contributed by atoms with E-state index in [-0.39, 0.29) is 11.8 Å². The summed E-state index contributed by atoms with van der Waals surface area (Å²) in [7, 11) is 0. The second-order valence-corrected chi connectivity index (χ2v) is 3.26. The molecule has 5 nitrogen and oxygen atoms in total. The van der Waals surface area contributed by atoms with Gasteiger partial charge in [-0.25, -0.2) is 14.8 Å². The highest BCUT2D eigenvalue weighted by Gasteiger charge is 2.07. The third kappa shape index (κ3) is 3.53. The van der Waals surface area contributed by atoms with Gasteiger partial charge < -0.3 is 9.84 Å². The first-order valence-corrected chi connectivity index (χ1v) is 4.85. The lowest BCUT2D eigenvalue weighted by molar-refractivity contribution is 0.0689. The van der Waals surface area contributed by atoms with Crippen molar-refractivity contribution in [3.63, 3.8) is 0 Å². The van der Waals surface area contributed by atoms with Gasteiger partial charge in [0.05, 0.1) is 18.5 Å². The highest BCUT2D eigenvalue weighted by atomic mass is 16.5. The van der Waals surface area contributed by atoms with E-state index in [9.17, 15) is 4.79 Å². The molecule has 0 saturated carbocycles. The van der Waals surface area contributed by atoms with Crippen molar-refractivity contribution in [2.45, 2.75) is 32.8 Å². The molecule has 0 radical (unpaired) electrons. The van der Waals surface area contributed by atoms with Gasteiger partial charge in [0.25, 0.3) is 0 Å². The predicted octanol–water partition coefficient (Wildman–Crippen LogP) is 1.74. The molecule has 5 heteroatoms. The van der Waals surface area contributed by atoms with E-state index in [1.165, 1.54) is 12.4 Å². The molecule has 0 aromatic carbocycles. The van der Waals surface area contributed by atoms with Crippen LogP contribution in [0.3, 0.4) is 0 Å². The molecule has 0 aliphatic heterocycles. The molecular weight excluding hydrogens is 196 g/mol. The van der Waals surface area contributed by atoms with Crippen molar-refractivity contribution in [3.8, 4) is 5.88 Å². The molecular formula is C10H14N2O3. The van der Waals surface area contributed by atoms with E-state index in [1.807, 2.05) is 6.92 Å². The fourth-order valence-electron chi connectivity index (χ4n) is 1.16. The van der Waals surface area contributed by atoms with Gasteiger partial charge in [0.2, 0.25) is 5.88 Å². The molecule has 1 heterocycles. The summed E-state index contributed by atoms with van der Waals surface area (Å²) in [6, 6.07) is 0. The van der Waals surface area contributed by atoms with Crippen molar-refractivity contribution in [1.82, 2.24) is 9.97 Å². The Kier molecular flexibility index (Phi) is 4.03. The number of rotatable bonds is 5. The van der Waals surface area contributed by atoms with Gasteiger partial charge >= 0.3 is 5.97 Å². The quantitative estimate of drug-likeness (QED) is 0.801. The van der Waals surface area contributed by atoms with Crippen LogP contribution in [0, 0.1) is 0 Å². The molecule has 82 valence electrons. The maximum Gasteiger partial charge on any atom is 0.356 e. The minimum absolute atomic E-state index is 0.0694. The molecule has 0 aliphatic rings. The minimum Gasteiger partial charge on any atom is -0.476 e. The van der Waals surface area contributed by atoms with Crippen LogP contribution in [-0.4, -0.2) is 27.1 Å². The summed E-state index contributed by atoms with van der Waals surface area (Å²) in [6.45, 7) is 4.01.